The lowest BCUT2D eigenvalue weighted by Gasteiger charge is -2.37. The van der Waals surface area contributed by atoms with E-state index in [1.54, 1.807) is 0 Å². The molecule has 4 aromatic rings. The Morgan fingerprint density at radius 1 is 0.923 bits per heavy atom. The molecule has 1 aromatic carbocycles. The van der Waals surface area contributed by atoms with E-state index < -0.39 is 5.82 Å². The van der Waals surface area contributed by atoms with Crippen LogP contribution in [0.4, 0.5) is 16.2 Å². The van der Waals surface area contributed by atoms with E-state index in [0.717, 1.165) is 60.8 Å². The van der Waals surface area contributed by atoms with Crippen LogP contribution >= 0.6 is 0 Å². The first-order valence-electron chi connectivity index (χ1n) is 13.8. The summed E-state index contributed by atoms with van der Waals surface area (Å²) in [5.41, 5.74) is 6.01. The monoisotopic (exact) mass is 530 g/mol. The van der Waals surface area contributed by atoms with Crippen LogP contribution in [0.5, 0.6) is 0 Å². The average Bonchev–Trinajstić information content (AvgIpc) is 3.23. The molecule has 9 heteroatoms. The number of rotatable bonds is 7. The molecule has 0 amide bonds. The van der Waals surface area contributed by atoms with Crippen LogP contribution in [-0.2, 0) is 6.54 Å². The number of aryl methyl sites for hydroxylation is 3. The van der Waals surface area contributed by atoms with Gasteiger partial charge in [0.1, 0.15) is 17.3 Å². The Labute approximate surface area is 230 Å². The predicted molar refractivity (Wildman–Crippen MR) is 155 cm³/mol. The van der Waals surface area contributed by atoms with Gasteiger partial charge >= 0.3 is 0 Å². The molecule has 3 aromatic heterocycles. The third kappa shape index (κ3) is 5.65. The van der Waals surface area contributed by atoms with E-state index in [2.05, 4.69) is 63.4 Å². The summed E-state index contributed by atoms with van der Waals surface area (Å²) in [5.74, 6) is 1.41. The number of halogens is 1. The van der Waals surface area contributed by atoms with Crippen molar-refractivity contribution in [2.24, 2.45) is 0 Å². The van der Waals surface area contributed by atoms with Gasteiger partial charge in [0.15, 0.2) is 5.82 Å². The molecular weight excluding hydrogens is 491 g/mol. The zero-order valence-corrected chi connectivity index (χ0v) is 24.1. The number of aromatic nitrogens is 5. The van der Waals surface area contributed by atoms with Crippen molar-refractivity contribution in [3.63, 3.8) is 0 Å². The zero-order chi connectivity index (χ0) is 27.8. The van der Waals surface area contributed by atoms with Crippen molar-refractivity contribution in [3.8, 4) is 11.3 Å². The summed E-state index contributed by atoms with van der Waals surface area (Å²) in [6.07, 6.45) is 1.22. The SMILES string of the molecule is Cc1nc(Nc2ncc(F)c(-c3cc(C)c4nc(C)n(C(C)C)c4c3)n2)ccc1CN1CCN(C(C)C)CC1. The van der Waals surface area contributed by atoms with Gasteiger partial charge in [0, 0.05) is 56.1 Å². The van der Waals surface area contributed by atoms with Gasteiger partial charge < -0.3 is 9.88 Å². The van der Waals surface area contributed by atoms with E-state index in [0.29, 0.717) is 23.4 Å². The summed E-state index contributed by atoms with van der Waals surface area (Å²) in [6.45, 7) is 20.0. The topological polar surface area (TPSA) is 75.0 Å². The number of nitrogens with one attached hydrogen (secondary N) is 1. The van der Waals surface area contributed by atoms with Crippen LogP contribution in [0.2, 0.25) is 0 Å². The normalized spacial score (nSPS) is 15.1. The van der Waals surface area contributed by atoms with E-state index in [9.17, 15) is 4.39 Å². The van der Waals surface area contributed by atoms with Crippen LogP contribution in [0, 0.1) is 26.6 Å². The average molecular weight is 531 g/mol. The van der Waals surface area contributed by atoms with Gasteiger partial charge in [0.25, 0.3) is 0 Å². The lowest BCUT2D eigenvalue weighted by molar-refractivity contribution is 0.104. The highest BCUT2D eigenvalue weighted by atomic mass is 19.1. The van der Waals surface area contributed by atoms with Gasteiger partial charge in [-0.2, -0.15) is 0 Å². The molecule has 1 saturated heterocycles. The maximum absolute atomic E-state index is 15.0. The van der Waals surface area contributed by atoms with E-state index >= 15 is 0 Å². The van der Waals surface area contributed by atoms with Gasteiger partial charge in [-0.05, 0) is 77.8 Å². The predicted octanol–water partition coefficient (Wildman–Crippen LogP) is 5.80. The molecule has 8 nitrogen and oxygen atoms in total. The van der Waals surface area contributed by atoms with Crippen LogP contribution in [0.15, 0.2) is 30.5 Å². The molecule has 4 heterocycles. The Bertz CT molecular complexity index is 1480. The number of fused-ring (bicyclic) bond motifs is 1. The maximum Gasteiger partial charge on any atom is 0.229 e. The number of benzene rings is 1. The minimum absolute atomic E-state index is 0.235. The lowest BCUT2D eigenvalue weighted by atomic mass is 10.1. The Hall–Kier alpha value is -3.43. The summed E-state index contributed by atoms with van der Waals surface area (Å²) in [7, 11) is 0. The van der Waals surface area contributed by atoms with Gasteiger partial charge in [-0.1, -0.05) is 6.07 Å². The molecule has 0 aliphatic carbocycles. The number of pyridine rings is 1. The molecule has 0 bridgehead atoms. The second kappa shape index (κ2) is 11.0. The van der Waals surface area contributed by atoms with E-state index in [1.165, 1.54) is 11.8 Å². The number of hydrogen-bond acceptors (Lipinski definition) is 7. The summed E-state index contributed by atoms with van der Waals surface area (Å²) in [5, 5.41) is 3.18. The largest absolute Gasteiger partial charge is 0.326 e. The van der Waals surface area contributed by atoms with Crippen molar-refractivity contribution in [2.45, 2.75) is 67.1 Å². The third-order valence-corrected chi connectivity index (χ3v) is 7.66. The highest BCUT2D eigenvalue weighted by molar-refractivity contribution is 5.85. The smallest absolute Gasteiger partial charge is 0.229 e. The molecule has 1 N–H and O–H groups in total. The summed E-state index contributed by atoms with van der Waals surface area (Å²) >= 11 is 0. The molecule has 0 saturated carbocycles. The Kier molecular flexibility index (Phi) is 7.64. The second-order valence-electron chi connectivity index (χ2n) is 11.1. The highest BCUT2D eigenvalue weighted by Crippen LogP contribution is 2.31. The Balaban J connectivity index is 1.36. The summed E-state index contributed by atoms with van der Waals surface area (Å²) in [6, 6.07) is 8.78. The van der Waals surface area contributed by atoms with Crippen LogP contribution in [-0.4, -0.2) is 66.5 Å². The standard InChI is InChI=1S/C30H39FN8/c1-18(2)38-12-10-37(11-13-38)17-23-8-9-27(33-21(23)6)35-30-32-16-25(31)29(36-30)24-14-20(5)28-26(15-24)39(19(3)4)22(7)34-28/h8-9,14-16,18-19H,10-13,17H2,1-7H3,(H,32,33,35,36). The van der Waals surface area contributed by atoms with Crippen LogP contribution in [0.25, 0.3) is 22.3 Å². The fraction of sp³-hybridized carbons (Fsp3) is 0.467. The fourth-order valence-corrected chi connectivity index (χ4v) is 5.52. The Morgan fingerprint density at radius 3 is 2.33 bits per heavy atom. The molecule has 1 aliphatic heterocycles. The van der Waals surface area contributed by atoms with Crippen molar-refractivity contribution in [1.82, 2.24) is 34.3 Å². The van der Waals surface area contributed by atoms with Gasteiger partial charge in [-0.3, -0.25) is 9.80 Å². The molecule has 0 spiro atoms. The molecule has 5 rings (SSSR count). The summed E-state index contributed by atoms with van der Waals surface area (Å²) in [4.78, 5) is 23.2. The first kappa shape index (κ1) is 27.1. The molecule has 206 valence electrons. The zero-order valence-electron chi connectivity index (χ0n) is 24.1. The van der Waals surface area contributed by atoms with Crippen LogP contribution in [0.3, 0.4) is 0 Å². The molecule has 0 atom stereocenters. The highest BCUT2D eigenvalue weighted by Gasteiger charge is 2.20. The summed E-state index contributed by atoms with van der Waals surface area (Å²) < 4.78 is 17.2. The van der Waals surface area contributed by atoms with Crippen molar-refractivity contribution < 1.29 is 4.39 Å². The van der Waals surface area contributed by atoms with Gasteiger partial charge in [0.05, 0.1) is 17.2 Å². The molecule has 39 heavy (non-hydrogen) atoms. The minimum atomic E-state index is -0.469. The lowest BCUT2D eigenvalue weighted by Crippen LogP contribution is -2.48. The molecular formula is C30H39FN8. The number of imidazole rings is 1. The number of anilines is 2. The fourth-order valence-electron chi connectivity index (χ4n) is 5.52. The number of hydrogen-bond donors (Lipinski definition) is 1. The van der Waals surface area contributed by atoms with Crippen LogP contribution < -0.4 is 5.32 Å². The minimum Gasteiger partial charge on any atom is -0.326 e. The Morgan fingerprint density at radius 2 is 1.67 bits per heavy atom. The molecule has 0 unspecified atom stereocenters. The van der Waals surface area contributed by atoms with Gasteiger partial charge in [-0.15, -0.1) is 0 Å². The van der Waals surface area contributed by atoms with Crippen molar-refractivity contribution in [3.05, 3.63) is 58.9 Å². The van der Waals surface area contributed by atoms with Crippen molar-refractivity contribution in [1.29, 1.82) is 0 Å². The van der Waals surface area contributed by atoms with Crippen molar-refractivity contribution in [2.75, 3.05) is 31.5 Å². The molecule has 0 radical (unpaired) electrons. The number of nitrogens with zero attached hydrogens (tertiary/aromatic N) is 7. The maximum atomic E-state index is 15.0. The van der Waals surface area contributed by atoms with Gasteiger partial charge in [-0.25, -0.2) is 24.3 Å². The molecule has 1 fully saturated rings. The van der Waals surface area contributed by atoms with E-state index in [4.69, 9.17) is 9.97 Å². The van der Waals surface area contributed by atoms with Gasteiger partial charge in [0.2, 0.25) is 5.95 Å². The third-order valence-electron chi connectivity index (χ3n) is 7.66. The van der Waals surface area contributed by atoms with Crippen LogP contribution in [0.1, 0.15) is 56.4 Å². The first-order valence-corrected chi connectivity index (χ1v) is 13.8. The molecule has 1 aliphatic rings. The second-order valence-corrected chi connectivity index (χ2v) is 11.1. The number of piperazine rings is 1. The van der Waals surface area contributed by atoms with E-state index in [-0.39, 0.29) is 11.7 Å². The quantitative estimate of drug-likeness (QED) is 0.324. The van der Waals surface area contributed by atoms with E-state index in [1.807, 2.05) is 39.0 Å². The van der Waals surface area contributed by atoms with Crippen molar-refractivity contribution >= 4 is 22.8 Å². The first-order chi connectivity index (χ1) is 18.6.